The minimum absolute atomic E-state index is 0.0599. The Balaban J connectivity index is 2.00. The normalized spacial score (nSPS) is 11.0. The summed E-state index contributed by atoms with van der Waals surface area (Å²) in [4.78, 5) is 11.7. The molecule has 0 aliphatic heterocycles. The van der Waals surface area contributed by atoms with Crippen molar-refractivity contribution in [2.24, 2.45) is 0 Å². The number of rotatable bonds is 9. The van der Waals surface area contributed by atoms with E-state index < -0.39 is 11.6 Å². The van der Waals surface area contributed by atoms with Gasteiger partial charge < -0.3 is 5.41 Å². The highest BCUT2D eigenvalue weighted by Gasteiger charge is 2.12. The zero-order valence-corrected chi connectivity index (χ0v) is 18.7. The minimum atomic E-state index is -0.674. The molecule has 0 saturated carbocycles. The molecule has 1 N–H and O–H groups in total. The minimum Gasteiger partial charge on any atom is -0.300 e. The zero-order chi connectivity index (χ0) is 24.0. The van der Waals surface area contributed by atoms with Crippen LogP contribution in [0.25, 0.3) is 16.7 Å². The van der Waals surface area contributed by atoms with E-state index in [1.165, 1.54) is 23.3 Å². The van der Waals surface area contributed by atoms with Crippen LogP contribution in [0.15, 0.2) is 105 Å². The number of nitrogens with one attached hydrogen (secondary N) is 1. The number of ketones is 1. The largest absolute Gasteiger partial charge is 0.300 e. The van der Waals surface area contributed by atoms with Crippen LogP contribution in [0.4, 0.5) is 4.39 Å². The predicted molar refractivity (Wildman–Crippen MR) is 136 cm³/mol. The Morgan fingerprint density at radius 3 is 2.30 bits per heavy atom. The van der Waals surface area contributed by atoms with Crippen LogP contribution in [0.2, 0.25) is 0 Å². The maximum Gasteiger partial charge on any atom is 0.188 e. The smallest absolute Gasteiger partial charge is 0.188 e. The first-order valence-electron chi connectivity index (χ1n) is 10.6. The van der Waals surface area contributed by atoms with Gasteiger partial charge in [0.2, 0.25) is 0 Å². The SMILES string of the molecule is C=CCc1cc(/C(C=C)=C/C(=N)c2ccc(C(=O)C=C)c(F)c2)ccc1-c1ccccc1C. The van der Waals surface area contributed by atoms with Gasteiger partial charge in [0.1, 0.15) is 5.82 Å². The molecule has 0 fully saturated rings. The lowest BCUT2D eigenvalue weighted by atomic mass is 9.91. The van der Waals surface area contributed by atoms with Crippen molar-refractivity contribution < 1.29 is 9.18 Å². The molecule has 0 atom stereocenters. The van der Waals surface area contributed by atoms with Crippen LogP contribution in [0.5, 0.6) is 0 Å². The van der Waals surface area contributed by atoms with Crippen molar-refractivity contribution in [3.8, 4) is 11.1 Å². The summed E-state index contributed by atoms with van der Waals surface area (Å²) < 4.78 is 14.4. The second kappa shape index (κ2) is 10.5. The maximum absolute atomic E-state index is 14.4. The molecule has 3 rings (SSSR count). The van der Waals surface area contributed by atoms with Gasteiger partial charge in [-0.1, -0.05) is 73.8 Å². The van der Waals surface area contributed by atoms with Gasteiger partial charge in [0.15, 0.2) is 5.78 Å². The lowest BCUT2D eigenvalue weighted by Gasteiger charge is -2.14. The van der Waals surface area contributed by atoms with E-state index in [1.807, 2.05) is 24.3 Å². The van der Waals surface area contributed by atoms with E-state index in [-0.39, 0.29) is 11.3 Å². The average Bonchev–Trinajstić information content (AvgIpc) is 2.82. The summed E-state index contributed by atoms with van der Waals surface area (Å²) in [5, 5.41) is 8.46. The number of benzene rings is 3. The average molecular weight is 436 g/mol. The van der Waals surface area contributed by atoms with Crippen molar-refractivity contribution in [3.63, 3.8) is 0 Å². The third-order valence-electron chi connectivity index (χ3n) is 5.49. The van der Waals surface area contributed by atoms with Crippen LogP contribution >= 0.6 is 0 Å². The summed E-state index contributed by atoms with van der Waals surface area (Å²) >= 11 is 0. The summed E-state index contributed by atoms with van der Waals surface area (Å²) in [5.41, 5.74) is 6.70. The molecular formula is C30H26FNO. The number of hydrogen-bond donors (Lipinski definition) is 1. The Bertz CT molecular complexity index is 1300. The molecule has 0 aromatic heterocycles. The third kappa shape index (κ3) is 5.21. The van der Waals surface area contributed by atoms with Gasteiger partial charge in [-0.3, -0.25) is 4.79 Å². The molecule has 0 radical (unpaired) electrons. The van der Waals surface area contributed by atoms with Crippen LogP contribution in [0.1, 0.15) is 32.6 Å². The second-order valence-corrected chi connectivity index (χ2v) is 7.66. The Kier molecular flexibility index (Phi) is 7.47. The Morgan fingerprint density at radius 1 is 0.939 bits per heavy atom. The second-order valence-electron chi connectivity index (χ2n) is 7.66. The van der Waals surface area contributed by atoms with E-state index in [1.54, 1.807) is 18.2 Å². The molecule has 0 aliphatic rings. The van der Waals surface area contributed by atoms with E-state index in [0.29, 0.717) is 12.0 Å². The Morgan fingerprint density at radius 2 is 1.67 bits per heavy atom. The highest BCUT2D eigenvalue weighted by Crippen LogP contribution is 2.30. The summed E-state index contributed by atoms with van der Waals surface area (Å²) in [6.07, 6.45) is 6.97. The summed E-state index contributed by atoms with van der Waals surface area (Å²) in [6.45, 7) is 13.3. The maximum atomic E-state index is 14.4. The van der Waals surface area contributed by atoms with E-state index in [9.17, 15) is 9.18 Å². The zero-order valence-electron chi connectivity index (χ0n) is 18.7. The molecule has 33 heavy (non-hydrogen) atoms. The van der Waals surface area contributed by atoms with Crippen molar-refractivity contribution in [1.82, 2.24) is 0 Å². The van der Waals surface area contributed by atoms with Gasteiger partial charge in [0.05, 0.1) is 11.3 Å². The highest BCUT2D eigenvalue weighted by molar-refractivity contribution is 6.12. The molecule has 0 amide bonds. The van der Waals surface area contributed by atoms with Crippen molar-refractivity contribution in [2.75, 3.05) is 0 Å². The number of carbonyl (C=O) groups is 1. The molecule has 164 valence electrons. The first-order valence-corrected chi connectivity index (χ1v) is 10.6. The highest BCUT2D eigenvalue weighted by atomic mass is 19.1. The fourth-order valence-corrected chi connectivity index (χ4v) is 3.73. The molecule has 2 nitrogen and oxygen atoms in total. The molecule has 0 unspecified atom stereocenters. The van der Waals surface area contributed by atoms with Crippen LogP contribution in [0.3, 0.4) is 0 Å². The first-order chi connectivity index (χ1) is 15.9. The standard InChI is InChI=1S/C30H26FNO/c1-5-10-23-17-22(13-15-26(23)25-12-9-8-11-20(25)4)21(6-2)19-29(32)24-14-16-27(28(31)18-24)30(33)7-3/h5-9,11-19,32H,1-3,10H2,4H3/b21-19+,32-29?. The molecule has 0 heterocycles. The number of carbonyl (C=O) groups excluding carboxylic acids is 1. The van der Waals surface area contributed by atoms with Crippen LogP contribution in [-0.4, -0.2) is 11.5 Å². The topological polar surface area (TPSA) is 40.9 Å². The molecule has 0 spiro atoms. The van der Waals surface area contributed by atoms with Gasteiger partial charge in [-0.25, -0.2) is 4.39 Å². The van der Waals surface area contributed by atoms with Crippen molar-refractivity contribution in [3.05, 3.63) is 138 Å². The molecule has 3 aromatic carbocycles. The van der Waals surface area contributed by atoms with Gasteiger partial charge >= 0.3 is 0 Å². The number of hydrogen-bond acceptors (Lipinski definition) is 2. The van der Waals surface area contributed by atoms with E-state index in [4.69, 9.17) is 5.41 Å². The van der Waals surface area contributed by atoms with E-state index in [2.05, 4.69) is 50.9 Å². The summed E-state index contributed by atoms with van der Waals surface area (Å²) in [6, 6.07) is 18.5. The molecule has 0 bridgehead atoms. The number of aryl methyl sites for hydroxylation is 1. The van der Waals surface area contributed by atoms with Crippen LogP contribution in [0, 0.1) is 18.2 Å². The number of allylic oxidation sites excluding steroid dienone is 5. The van der Waals surface area contributed by atoms with Crippen LogP contribution < -0.4 is 0 Å². The lowest BCUT2D eigenvalue weighted by molar-refractivity contribution is 0.104. The Hall–Kier alpha value is -4.11. The van der Waals surface area contributed by atoms with Crippen molar-refractivity contribution in [1.29, 1.82) is 5.41 Å². The Labute approximate surface area is 194 Å². The summed E-state index contributed by atoms with van der Waals surface area (Å²) in [7, 11) is 0. The van der Waals surface area contributed by atoms with Crippen molar-refractivity contribution in [2.45, 2.75) is 13.3 Å². The molecule has 3 aromatic rings. The van der Waals surface area contributed by atoms with Gasteiger partial charge in [0, 0.05) is 5.56 Å². The van der Waals surface area contributed by atoms with Crippen molar-refractivity contribution >= 4 is 17.1 Å². The predicted octanol–water partition coefficient (Wildman–Crippen LogP) is 7.54. The summed E-state index contributed by atoms with van der Waals surface area (Å²) in [5.74, 6) is -1.16. The quantitative estimate of drug-likeness (QED) is 0.122. The monoisotopic (exact) mass is 435 g/mol. The van der Waals surface area contributed by atoms with E-state index in [0.717, 1.165) is 28.3 Å². The molecule has 0 aliphatic carbocycles. The fourth-order valence-electron chi connectivity index (χ4n) is 3.73. The molecule has 3 heteroatoms. The molecule has 0 saturated heterocycles. The lowest BCUT2D eigenvalue weighted by Crippen LogP contribution is -2.03. The van der Waals surface area contributed by atoms with Crippen LogP contribution in [-0.2, 0) is 6.42 Å². The van der Waals surface area contributed by atoms with E-state index >= 15 is 0 Å². The van der Waals surface area contributed by atoms with Gasteiger partial charge in [0.25, 0.3) is 0 Å². The number of halogens is 1. The van der Waals surface area contributed by atoms with Gasteiger partial charge in [-0.05, 0) is 71.0 Å². The third-order valence-corrected chi connectivity index (χ3v) is 5.49. The van der Waals surface area contributed by atoms with Gasteiger partial charge in [-0.2, -0.15) is 0 Å². The first kappa shape index (κ1) is 23.6. The fraction of sp³-hybridized carbons (Fsp3) is 0.0667. The van der Waals surface area contributed by atoms with Gasteiger partial charge in [-0.15, -0.1) is 6.58 Å². The molecular weight excluding hydrogens is 409 g/mol.